The first-order chi connectivity index (χ1) is 11.2. The number of benzene rings is 2. The van der Waals surface area contributed by atoms with Crippen LogP contribution in [-0.4, -0.2) is 35.7 Å². The fraction of sp³-hybridized carbons (Fsp3) is 0.125. The Morgan fingerprint density at radius 1 is 0.696 bits per heavy atom. The van der Waals surface area contributed by atoms with Crippen molar-refractivity contribution >= 4 is 12.3 Å². The van der Waals surface area contributed by atoms with Crippen LogP contribution in [-0.2, 0) is 4.74 Å². The predicted molar refractivity (Wildman–Crippen MR) is 80.2 cm³/mol. The number of aliphatic hydroxyl groups is 2. The van der Waals surface area contributed by atoms with Crippen molar-refractivity contribution in [2.24, 2.45) is 0 Å². The van der Waals surface area contributed by atoms with Gasteiger partial charge in [-0.1, -0.05) is 36.4 Å². The first-order valence-electron chi connectivity index (χ1n) is 6.59. The lowest BCUT2D eigenvalue weighted by atomic mass is 10.3. The maximum Gasteiger partial charge on any atom is 0.524 e. The summed E-state index contributed by atoms with van der Waals surface area (Å²) < 4.78 is 13.9. The molecule has 0 spiro atoms. The largest absolute Gasteiger partial charge is 0.524 e. The monoisotopic (exact) mass is 320 g/mol. The topological polar surface area (TPSA) is 102 Å². The van der Waals surface area contributed by atoms with E-state index in [4.69, 9.17) is 19.7 Å². The van der Waals surface area contributed by atoms with Gasteiger partial charge in [0.2, 0.25) is 0 Å². The lowest BCUT2D eigenvalue weighted by Crippen LogP contribution is -2.19. The first kappa shape index (κ1) is 18.1. The summed E-state index contributed by atoms with van der Waals surface area (Å²) in [5.74, 6) is 0.556. The summed E-state index contributed by atoms with van der Waals surface area (Å²) in [5.41, 5.74) is 0. The van der Waals surface area contributed by atoms with Crippen LogP contribution in [0.5, 0.6) is 11.5 Å². The van der Waals surface area contributed by atoms with Crippen LogP contribution >= 0.6 is 0 Å². The van der Waals surface area contributed by atoms with Crippen molar-refractivity contribution in [2.45, 2.75) is 0 Å². The average Bonchev–Trinajstić information content (AvgIpc) is 2.56. The first-order valence-corrected chi connectivity index (χ1v) is 6.59. The average molecular weight is 320 g/mol. The molecule has 0 fully saturated rings. The summed E-state index contributed by atoms with van der Waals surface area (Å²) in [6.07, 6.45) is -2.29. The van der Waals surface area contributed by atoms with E-state index in [0.717, 1.165) is 0 Å². The minimum Gasteiger partial charge on any atom is -0.395 e. The smallest absolute Gasteiger partial charge is 0.395 e. The minimum atomic E-state index is -1.15. The van der Waals surface area contributed by atoms with Gasteiger partial charge in [0.15, 0.2) is 0 Å². The summed E-state index contributed by atoms with van der Waals surface area (Å²) in [5, 5.41) is 15.2. The van der Waals surface area contributed by atoms with Gasteiger partial charge in [-0.3, -0.25) is 0 Å². The Balaban J connectivity index is 0.000000593. The van der Waals surface area contributed by atoms with E-state index in [2.05, 4.69) is 4.74 Å². The minimum absolute atomic E-state index is 0.125. The Hall–Kier alpha value is -2.90. The van der Waals surface area contributed by atoms with E-state index in [9.17, 15) is 9.59 Å². The number of ether oxygens (including phenoxy) is 3. The molecule has 2 rings (SSSR count). The fourth-order valence-corrected chi connectivity index (χ4v) is 1.28. The van der Waals surface area contributed by atoms with Gasteiger partial charge in [0, 0.05) is 0 Å². The molecule has 23 heavy (non-hydrogen) atoms. The second kappa shape index (κ2) is 10.8. The van der Waals surface area contributed by atoms with E-state index in [1.807, 2.05) is 0 Å². The van der Waals surface area contributed by atoms with E-state index in [0.29, 0.717) is 0 Å². The van der Waals surface area contributed by atoms with E-state index >= 15 is 0 Å². The maximum absolute atomic E-state index is 11.3. The van der Waals surface area contributed by atoms with E-state index in [1.165, 1.54) is 0 Å². The predicted octanol–water partition coefficient (Wildman–Crippen LogP) is 2.37. The summed E-state index contributed by atoms with van der Waals surface area (Å²) >= 11 is 0. The molecule has 0 aliphatic heterocycles. The van der Waals surface area contributed by atoms with Crippen LogP contribution in [0.15, 0.2) is 60.7 Å². The van der Waals surface area contributed by atoms with Gasteiger partial charge in [-0.05, 0) is 24.3 Å². The number of carbonyl (C=O) groups excluding carboxylic acids is 2. The Bertz CT molecular complexity index is 530. The third-order valence-electron chi connectivity index (χ3n) is 2.16. The molecule has 2 N–H and O–H groups in total. The second-order valence-corrected chi connectivity index (χ2v) is 3.88. The molecule has 0 unspecified atom stereocenters. The molecule has 2 aromatic rings. The normalized spacial score (nSPS) is 9.13. The Morgan fingerprint density at radius 3 is 1.35 bits per heavy atom. The lowest BCUT2D eigenvalue weighted by Gasteiger charge is -2.04. The Labute approximate surface area is 132 Å². The molecule has 2 aromatic carbocycles. The van der Waals surface area contributed by atoms with Gasteiger partial charge in [-0.2, -0.15) is 0 Å². The summed E-state index contributed by atoms with van der Waals surface area (Å²) in [6.45, 7) is -0.250. The quantitative estimate of drug-likeness (QED) is 0.508. The van der Waals surface area contributed by atoms with E-state index in [1.54, 1.807) is 60.7 Å². The highest BCUT2D eigenvalue weighted by Gasteiger charge is 2.14. The van der Waals surface area contributed by atoms with Gasteiger partial charge < -0.3 is 24.4 Å². The molecule has 122 valence electrons. The van der Waals surface area contributed by atoms with Crippen molar-refractivity contribution in [3.63, 3.8) is 0 Å². The molecule has 7 nitrogen and oxygen atoms in total. The summed E-state index contributed by atoms with van der Waals surface area (Å²) in [7, 11) is 0. The molecule has 0 aliphatic carbocycles. The maximum atomic E-state index is 11.3. The molecule has 0 radical (unpaired) electrons. The number of carbonyl (C=O) groups is 2. The highest BCUT2D eigenvalue weighted by molar-refractivity contribution is 5.79. The standard InChI is InChI=1S/C14H10O5.C2H6O2/c15-13(17-11-7-3-1-4-8-11)19-14(16)18-12-9-5-2-6-10-12;3-1-2-4/h1-10H;3-4H,1-2H2. The van der Waals surface area contributed by atoms with Gasteiger partial charge >= 0.3 is 12.3 Å². The number of rotatable bonds is 3. The molecule has 0 saturated heterocycles. The number of para-hydroxylation sites is 2. The third kappa shape index (κ3) is 8.20. The molecule has 7 heteroatoms. The molecule has 0 atom stereocenters. The van der Waals surface area contributed by atoms with Crippen molar-refractivity contribution in [3.8, 4) is 11.5 Å². The molecule has 0 saturated carbocycles. The van der Waals surface area contributed by atoms with Crippen LogP contribution in [0.2, 0.25) is 0 Å². The van der Waals surface area contributed by atoms with Crippen LogP contribution in [0, 0.1) is 0 Å². The van der Waals surface area contributed by atoms with E-state index < -0.39 is 12.3 Å². The SMILES string of the molecule is O=C(OC(=O)Oc1ccccc1)Oc1ccccc1.OCCO. The molecule has 0 aliphatic rings. The zero-order chi connectivity index (χ0) is 16.9. The molecule has 0 bridgehead atoms. The molecular formula is C16H16O7. The molecular weight excluding hydrogens is 304 g/mol. The number of hydrogen-bond acceptors (Lipinski definition) is 7. The van der Waals surface area contributed by atoms with Crippen molar-refractivity contribution in [3.05, 3.63) is 60.7 Å². The van der Waals surface area contributed by atoms with Crippen LogP contribution in [0.1, 0.15) is 0 Å². The van der Waals surface area contributed by atoms with Gasteiger partial charge in [-0.25, -0.2) is 9.59 Å². The van der Waals surface area contributed by atoms with Crippen molar-refractivity contribution in [1.29, 1.82) is 0 Å². The van der Waals surface area contributed by atoms with Crippen molar-refractivity contribution < 1.29 is 34.0 Å². The number of aliphatic hydroxyl groups excluding tert-OH is 2. The van der Waals surface area contributed by atoms with E-state index in [-0.39, 0.29) is 24.7 Å². The summed E-state index contributed by atoms with van der Waals surface area (Å²) in [4.78, 5) is 22.5. The van der Waals surface area contributed by atoms with Gasteiger partial charge in [-0.15, -0.1) is 0 Å². The molecule has 0 heterocycles. The van der Waals surface area contributed by atoms with Gasteiger partial charge in [0.25, 0.3) is 0 Å². The lowest BCUT2D eigenvalue weighted by molar-refractivity contribution is 0.0896. The van der Waals surface area contributed by atoms with Gasteiger partial charge in [0.1, 0.15) is 11.5 Å². The van der Waals surface area contributed by atoms with Crippen molar-refractivity contribution in [1.82, 2.24) is 0 Å². The Morgan fingerprint density at radius 2 is 1.04 bits per heavy atom. The number of hydrogen-bond donors (Lipinski definition) is 2. The Kier molecular flexibility index (Phi) is 8.50. The van der Waals surface area contributed by atoms with Crippen LogP contribution in [0.4, 0.5) is 9.59 Å². The summed E-state index contributed by atoms with van der Waals surface area (Å²) in [6, 6.07) is 16.5. The fourth-order valence-electron chi connectivity index (χ4n) is 1.28. The van der Waals surface area contributed by atoms with Crippen molar-refractivity contribution in [2.75, 3.05) is 13.2 Å². The highest BCUT2D eigenvalue weighted by atomic mass is 16.8. The van der Waals surface area contributed by atoms with Crippen LogP contribution in [0.3, 0.4) is 0 Å². The van der Waals surface area contributed by atoms with Crippen LogP contribution < -0.4 is 9.47 Å². The van der Waals surface area contributed by atoms with Gasteiger partial charge in [0.05, 0.1) is 13.2 Å². The third-order valence-corrected chi connectivity index (χ3v) is 2.16. The van der Waals surface area contributed by atoms with Crippen LogP contribution in [0.25, 0.3) is 0 Å². The second-order valence-electron chi connectivity index (χ2n) is 3.88. The zero-order valence-corrected chi connectivity index (χ0v) is 12.1. The molecule has 0 aromatic heterocycles. The molecule has 0 amide bonds. The highest BCUT2D eigenvalue weighted by Crippen LogP contribution is 2.11. The zero-order valence-electron chi connectivity index (χ0n) is 12.1.